The summed E-state index contributed by atoms with van der Waals surface area (Å²) in [5.41, 5.74) is 7.20. The van der Waals surface area contributed by atoms with Crippen LogP contribution >= 0.6 is 0 Å². The molecular formula is C23H26N2. The average molecular weight is 330 g/mol. The maximum absolute atomic E-state index is 3.65. The van der Waals surface area contributed by atoms with Gasteiger partial charge in [0.15, 0.2) is 0 Å². The molecule has 0 saturated carbocycles. The summed E-state index contributed by atoms with van der Waals surface area (Å²) >= 11 is 0. The van der Waals surface area contributed by atoms with Crippen LogP contribution in [-0.2, 0) is 0 Å². The molecule has 0 amide bonds. The second-order valence-electron chi connectivity index (χ2n) is 7.24. The Morgan fingerprint density at radius 1 is 0.640 bits per heavy atom. The summed E-state index contributed by atoms with van der Waals surface area (Å²) in [6.07, 6.45) is 0. The number of benzene rings is 3. The van der Waals surface area contributed by atoms with E-state index in [2.05, 4.69) is 116 Å². The SMILES string of the molecule is CC(C)(C)N(Nc1ccccc1)C(c1ccccc1)c1ccccc1. The van der Waals surface area contributed by atoms with E-state index in [0.717, 1.165) is 5.69 Å². The maximum Gasteiger partial charge on any atom is 0.0796 e. The highest BCUT2D eigenvalue weighted by molar-refractivity contribution is 5.43. The lowest BCUT2D eigenvalue weighted by molar-refractivity contribution is 0.135. The van der Waals surface area contributed by atoms with Gasteiger partial charge in [-0.15, -0.1) is 0 Å². The smallest absolute Gasteiger partial charge is 0.0796 e. The molecule has 0 heterocycles. The Morgan fingerprint density at radius 2 is 1.04 bits per heavy atom. The lowest BCUT2D eigenvalue weighted by Gasteiger charge is -2.42. The van der Waals surface area contributed by atoms with Crippen LogP contribution in [0.3, 0.4) is 0 Å². The van der Waals surface area contributed by atoms with Gasteiger partial charge in [-0.05, 0) is 44.0 Å². The first kappa shape index (κ1) is 17.2. The van der Waals surface area contributed by atoms with E-state index in [9.17, 15) is 0 Å². The number of para-hydroxylation sites is 1. The molecule has 0 atom stereocenters. The maximum atomic E-state index is 3.65. The van der Waals surface area contributed by atoms with Gasteiger partial charge in [0.2, 0.25) is 0 Å². The van der Waals surface area contributed by atoms with Crippen LogP contribution in [0.25, 0.3) is 0 Å². The molecule has 0 aliphatic carbocycles. The fourth-order valence-corrected chi connectivity index (χ4v) is 3.03. The largest absolute Gasteiger partial charge is 0.317 e. The third kappa shape index (κ3) is 4.28. The monoisotopic (exact) mass is 330 g/mol. The summed E-state index contributed by atoms with van der Waals surface area (Å²) in [5.74, 6) is 0. The van der Waals surface area contributed by atoms with Crippen molar-refractivity contribution in [1.82, 2.24) is 5.01 Å². The summed E-state index contributed by atoms with van der Waals surface area (Å²) in [6.45, 7) is 6.71. The predicted molar refractivity (Wildman–Crippen MR) is 106 cm³/mol. The molecule has 0 fully saturated rings. The summed E-state index contributed by atoms with van der Waals surface area (Å²) < 4.78 is 0. The first-order valence-corrected chi connectivity index (χ1v) is 8.76. The van der Waals surface area contributed by atoms with Crippen LogP contribution in [-0.4, -0.2) is 10.5 Å². The van der Waals surface area contributed by atoms with E-state index in [1.165, 1.54) is 11.1 Å². The number of nitrogens with one attached hydrogen (secondary N) is 1. The zero-order valence-electron chi connectivity index (χ0n) is 15.2. The van der Waals surface area contributed by atoms with E-state index in [1.54, 1.807) is 0 Å². The first-order valence-electron chi connectivity index (χ1n) is 8.76. The van der Waals surface area contributed by atoms with Gasteiger partial charge in [-0.25, -0.2) is 5.01 Å². The van der Waals surface area contributed by atoms with Crippen LogP contribution in [0.15, 0.2) is 91.0 Å². The summed E-state index contributed by atoms with van der Waals surface area (Å²) in [7, 11) is 0. The van der Waals surface area contributed by atoms with Crippen LogP contribution in [0.2, 0.25) is 0 Å². The summed E-state index contributed by atoms with van der Waals surface area (Å²) in [4.78, 5) is 0. The molecule has 25 heavy (non-hydrogen) atoms. The number of hydrazine groups is 1. The Hall–Kier alpha value is -2.58. The normalized spacial score (nSPS) is 11.7. The predicted octanol–water partition coefficient (Wildman–Crippen LogP) is 5.90. The Morgan fingerprint density at radius 3 is 1.44 bits per heavy atom. The van der Waals surface area contributed by atoms with Crippen molar-refractivity contribution >= 4 is 5.69 Å². The highest BCUT2D eigenvalue weighted by atomic mass is 15.5. The second kappa shape index (κ2) is 7.54. The molecule has 0 unspecified atom stereocenters. The van der Waals surface area contributed by atoms with Crippen molar-refractivity contribution in [2.45, 2.75) is 32.4 Å². The number of hydrogen-bond donors (Lipinski definition) is 1. The van der Waals surface area contributed by atoms with E-state index >= 15 is 0 Å². The van der Waals surface area contributed by atoms with E-state index in [-0.39, 0.29) is 11.6 Å². The van der Waals surface area contributed by atoms with Crippen LogP contribution in [0, 0.1) is 0 Å². The average Bonchev–Trinajstić information content (AvgIpc) is 2.63. The van der Waals surface area contributed by atoms with Crippen molar-refractivity contribution in [1.29, 1.82) is 0 Å². The molecule has 3 rings (SSSR count). The summed E-state index contributed by atoms with van der Waals surface area (Å²) in [6, 6.07) is 31.8. The van der Waals surface area contributed by atoms with Crippen molar-refractivity contribution in [2.75, 3.05) is 5.43 Å². The standard InChI is InChI=1S/C23H26N2/c1-23(2,3)25(24-21-17-11-6-12-18-21)22(19-13-7-4-8-14-19)20-15-9-5-10-16-20/h4-18,22,24H,1-3H3. The molecule has 1 N–H and O–H groups in total. The minimum Gasteiger partial charge on any atom is -0.317 e. The van der Waals surface area contributed by atoms with Gasteiger partial charge in [0.05, 0.1) is 6.04 Å². The molecule has 3 aromatic rings. The molecule has 2 heteroatoms. The number of nitrogens with zero attached hydrogens (tertiary/aromatic N) is 1. The molecule has 2 nitrogen and oxygen atoms in total. The quantitative estimate of drug-likeness (QED) is 0.586. The zero-order chi connectivity index (χ0) is 17.7. The van der Waals surface area contributed by atoms with Crippen LogP contribution in [0.1, 0.15) is 37.9 Å². The molecule has 3 aromatic carbocycles. The van der Waals surface area contributed by atoms with Gasteiger partial charge in [-0.3, -0.25) is 0 Å². The minimum atomic E-state index is -0.0772. The van der Waals surface area contributed by atoms with E-state index in [0.29, 0.717) is 0 Å². The third-order valence-electron chi connectivity index (χ3n) is 4.23. The van der Waals surface area contributed by atoms with Crippen molar-refractivity contribution < 1.29 is 0 Å². The van der Waals surface area contributed by atoms with Gasteiger partial charge in [0, 0.05) is 11.2 Å². The van der Waals surface area contributed by atoms with Crippen molar-refractivity contribution in [3.05, 3.63) is 102 Å². The minimum absolute atomic E-state index is 0.0772. The highest BCUT2D eigenvalue weighted by Crippen LogP contribution is 2.34. The molecule has 0 radical (unpaired) electrons. The van der Waals surface area contributed by atoms with Gasteiger partial charge >= 0.3 is 0 Å². The van der Waals surface area contributed by atoms with Crippen molar-refractivity contribution in [3.8, 4) is 0 Å². The lowest BCUT2D eigenvalue weighted by atomic mass is 9.94. The van der Waals surface area contributed by atoms with Crippen LogP contribution < -0.4 is 5.43 Å². The number of anilines is 1. The molecule has 0 aliphatic heterocycles. The van der Waals surface area contributed by atoms with Gasteiger partial charge < -0.3 is 5.43 Å². The fraction of sp³-hybridized carbons (Fsp3) is 0.217. The van der Waals surface area contributed by atoms with Gasteiger partial charge in [0.1, 0.15) is 0 Å². The zero-order valence-corrected chi connectivity index (χ0v) is 15.2. The fourth-order valence-electron chi connectivity index (χ4n) is 3.03. The lowest BCUT2D eigenvalue weighted by Crippen LogP contribution is -2.48. The van der Waals surface area contributed by atoms with Gasteiger partial charge in [-0.1, -0.05) is 78.9 Å². The molecule has 0 bridgehead atoms. The first-order chi connectivity index (χ1) is 12.1. The van der Waals surface area contributed by atoms with E-state index in [4.69, 9.17) is 0 Å². The molecule has 0 spiro atoms. The number of rotatable bonds is 5. The second-order valence-corrected chi connectivity index (χ2v) is 7.24. The van der Waals surface area contributed by atoms with Crippen molar-refractivity contribution in [2.24, 2.45) is 0 Å². The van der Waals surface area contributed by atoms with Crippen LogP contribution in [0.5, 0.6) is 0 Å². The molecular weight excluding hydrogens is 304 g/mol. The topological polar surface area (TPSA) is 15.3 Å². The molecule has 0 aliphatic rings. The highest BCUT2D eigenvalue weighted by Gasteiger charge is 2.31. The summed E-state index contributed by atoms with van der Waals surface area (Å²) in [5, 5.41) is 2.34. The van der Waals surface area contributed by atoms with E-state index < -0.39 is 0 Å². The van der Waals surface area contributed by atoms with Gasteiger partial charge in [0.25, 0.3) is 0 Å². The Kier molecular flexibility index (Phi) is 5.20. The number of hydrogen-bond acceptors (Lipinski definition) is 2. The molecule has 0 saturated heterocycles. The van der Waals surface area contributed by atoms with Gasteiger partial charge in [-0.2, -0.15) is 0 Å². The van der Waals surface area contributed by atoms with Crippen molar-refractivity contribution in [3.63, 3.8) is 0 Å². The van der Waals surface area contributed by atoms with E-state index in [1.807, 2.05) is 6.07 Å². The van der Waals surface area contributed by atoms with Crippen LogP contribution in [0.4, 0.5) is 5.69 Å². The Labute approximate surface area is 151 Å². The molecule has 128 valence electrons. The Bertz CT molecular complexity index is 722. The Balaban J connectivity index is 2.07. The third-order valence-corrected chi connectivity index (χ3v) is 4.23. The molecule has 0 aromatic heterocycles.